The number of anilines is 1. The summed E-state index contributed by atoms with van der Waals surface area (Å²) in [7, 11) is 0. The Balaban J connectivity index is 2.21. The van der Waals surface area contributed by atoms with Gasteiger partial charge in [0.25, 0.3) is 0 Å². The smallest absolute Gasteiger partial charge is 0.152 e. The second-order valence-corrected chi connectivity index (χ2v) is 4.68. The molecule has 2 aromatic carbocycles. The molecule has 1 N–H and O–H groups in total. The minimum atomic E-state index is -1.00. The van der Waals surface area contributed by atoms with E-state index in [2.05, 4.69) is 5.32 Å². The summed E-state index contributed by atoms with van der Waals surface area (Å²) in [5.74, 6) is -2.98. The van der Waals surface area contributed by atoms with Crippen molar-refractivity contribution in [2.45, 2.75) is 6.54 Å². The predicted molar refractivity (Wildman–Crippen MR) is 70.1 cm³/mol. The van der Waals surface area contributed by atoms with Crippen molar-refractivity contribution in [2.75, 3.05) is 5.32 Å². The van der Waals surface area contributed by atoms with Crippen LogP contribution in [0.3, 0.4) is 0 Å². The number of halogens is 5. The summed E-state index contributed by atoms with van der Waals surface area (Å²) < 4.78 is 39.5. The van der Waals surface area contributed by atoms with E-state index in [1.54, 1.807) is 18.2 Å². The molecule has 0 heterocycles. The predicted octanol–water partition coefficient (Wildman–Crippen LogP) is 5.02. The zero-order chi connectivity index (χ0) is 14.0. The van der Waals surface area contributed by atoms with Gasteiger partial charge < -0.3 is 5.32 Å². The van der Waals surface area contributed by atoms with E-state index >= 15 is 0 Å². The fraction of sp³-hybridized carbons (Fsp3) is 0.0769. The molecule has 0 bridgehead atoms. The van der Waals surface area contributed by atoms with Crippen LogP contribution in [-0.2, 0) is 6.54 Å². The molecule has 1 nitrogen and oxygen atoms in total. The highest BCUT2D eigenvalue weighted by molar-refractivity contribution is 6.33. The van der Waals surface area contributed by atoms with Crippen molar-refractivity contribution < 1.29 is 13.2 Å². The summed E-state index contributed by atoms with van der Waals surface area (Å²) in [6, 6.07) is 5.97. The maximum atomic E-state index is 13.4. The van der Waals surface area contributed by atoms with E-state index in [-0.39, 0.29) is 6.54 Å². The first kappa shape index (κ1) is 14.0. The van der Waals surface area contributed by atoms with E-state index in [1.165, 1.54) is 0 Å². The van der Waals surface area contributed by atoms with Gasteiger partial charge in [0.2, 0.25) is 0 Å². The van der Waals surface area contributed by atoms with E-state index in [9.17, 15) is 13.2 Å². The quantitative estimate of drug-likeness (QED) is 0.839. The molecule has 0 saturated carbocycles. The van der Waals surface area contributed by atoms with E-state index in [1.807, 2.05) is 0 Å². The highest BCUT2D eigenvalue weighted by Gasteiger charge is 2.11. The molecule has 0 aliphatic carbocycles. The Morgan fingerprint density at radius 3 is 2.21 bits per heavy atom. The van der Waals surface area contributed by atoms with Gasteiger partial charge in [0, 0.05) is 28.7 Å². The normalized spacial score (nSPS) is 10.6. The number of rotatable bonds is 3. The summed E-state index contributed by atoms with van der Waals surface area (Å²) in [6.07, 6.45) is 0. The first-order valence-electron chi connectivity index (χ1n) is 5.29. The third-order valence-electron chi connectivity index (χ3n) is 2.47. The molecule has 0 amide bonds. The Labute approximate surface area is 118 Å². The topological polar surface area (TPSA) is 12.0 Å². The Morgan fingerprint density at radius 1 is 0.947 bits per heavy atom. The minimum absolute atomic E-state index is 0.0683. The van der Waals surface area contributed by atoms with Gasteiger partial charge in [-0.25, -0.2) is 13.2 Å². The van der Waals surface area contributed by atoms with Crippen LogP contribution in [0.15, 0.2) is 30.3 Å². The second kappa shape index (κ2) is 5.72. The fourth-order valence-corrected chi connectivity index (χ4v) is 1.95. The molecule has 6 heteroatoms. The van der Waals surface area contributed by atoms with Gasteiger partial charge in [-0.15, -0.1) is 0 Å². The van der Waals surface area contributed by atoms with Gasteiger partial charge in [-0.3, -0.25) is 0 Å². The van der Waals surface area contributed by atoms with Gasteiger partial charge in [-0.1, -0.05) is 23.2 Å². The number of hydrogen-bond acceptors (Lipinski definition) is 1. The van der Waals surface area contributed by atoms with Gasteiger partial charge in [-0.05, 0) is 23.8 Å². The van der Waals surface area contributed by atoms with Gasteiger partial charge >= 0.3 is 0 Å². The van der Waals surface area contributed by atoms with Crippen molar-refractivity contribution in [1.82, 2.24) is 0 Å². The van der Waals surface area contributed by atoms with Gasteiger partial charge in [0.05, 0.1) is 0 Å². The average molecular weight is 306 g/mol. The van der Waals surface area contributed by atoms with E-state index in [4.69, 9.17) is 23.2 Å². The van der Waals surface area contributed by atoms with E-state index in [0.29, 0.717) is 27.7 Å². The number of nitrogens with one attached hydrogen (secondary N) is 1. The van der Waals surface area contributed by atoms with Crippen LogP contribution in [0.1, 0.15) is 5.56 Å². The maximum Gasteiger partial charge on any atom is 0.152 e. The van der Waals surface area contributed by atoms with Gasteiger partial charge in [0.1, 0.15) is 11.5 Å². The second-order valence-electron chi connectivity index (χ2n) is 3.83. The van der Waals surface area contributed by atoms with Crippen LogP contribution in [0.5, 0.6) is 0 Å². The van der Waals surface area contributed by atoms with Gasteiger partial charge in [0.15, 0.2) is 11.6 Å². The summed E-state index contributed by atoms with van der Waals surface area (Å²) in [6.45, 7) is 0.0683. The van der Waals surface area contributed by atoms with Gasteiger partial charge in [-0.2, -0.15) is 0 Å². The Morgan fingerprint density at radius 2 is 1.58 bits per heavy atom. The standard InChI is InChI=1S/C13H8Cl2F3N/c14-8-1-2-10(15)7(3-8)6-19-13-11(17)4-9(16)5-12(13)18/h1-5,19H,6H2. The van der Waals surface area contributed by atoms with Crippen molar-refractivity contribution in [3.63, 3.8) is 0 Å². The summed E-state index contributed by atoms with van der Waals surface area (Å²) >= 11 is 11.7. The highest BCUT2D eigenvalue weighted by Crippen LogP contribution is 2.24. The minimum Gasteiger partial charge on any atom is -0.376 e. The highest BCUT2D eigenvalue weighted by atomic mass is 35.5. The lowest BCUT2D eigenvalue weighted by Crippen LogP contribution is -2.05. The fourth-order valence-electron chi connectivity index (χ4n) is 1.57. The molecule has 0 saturated heterocycles. The summed E-state index contributed by atoms with van der Waals surface area (Å²) in [4.78, 5) is 0. The van der Waals surface area contributed by atoms with Crippen molar-refractivity contribution in [1.29, 1.82) is 0 Å². The zero-order valence-electron chi connectivity index (χ0n) is 9.48. The molecule has 2 aromatic rings. The van der Waals surface area contributed by atoms with Crippen molar-refractivity contribution in [2.24, 2.45) is 0 Å². The molecule has 0 aliphatic heterocycles. The first-order chi connectivity index (χ1) is 8.97. The lowest BCUT2D eigenvalue weighted by molar-refractivity contribution is 0.547. The van der Waals surface area contributed by atoms with Crippen molar-refractivity contribution in [3.05, 3.63) is 63.4 Å². The molecule has 0 aliphatic rings. The van der Waals surface area contributed by atoms with Crippen molar-refractivity contribution in [3.8, 4) is 0 Å². The van der Waals surface area contributed by atoms with Crippen LogP contribution < -0.4 is 5.32 Å². The monoisotopic (exact) mass is 305 g/mol. The molecule has 0 unspecified atom stereocenters. The summed E-state index contributed by atoms with van der Waals surface area (Å²) in [5.41, 5.74) is 0.176. The van der Waals surface area contributed by atoms with Crippen LogP contribution in [0.4, 0.5) is 18.9 Å². The average Bonchev–Trinajstić information content (AvgIpc) is 2.32. The first-order valence-corrected chi connectivity index (χ1v) is 6.05. The molecule has 0 spiro atoms. The third-order valence-corrected chi connectivity index (χ3v) is 3.07. The molecule has 0 atom stereocenters. The van der Waals surface area contributed by atoms with Crippen molar-refractivity contribution >= 4 is 28.9 Å². The largest absolute Gasteiger partial charge is 0.376 e. The van der Waals surface area contributed by atoms with Crippen LogP contribution in [0.25, 0.3) is 0 Å². The Bertz CT molecular complexity index is 594. The maximum absolute atomic E-state index is 13.4. The molecule has 0 aromatic heterocycles. The number of benzene rings is 2. The molecule has 0 radical (unpaired) electrons. The lowest BCUT2D eigenvalue weighted by Gasteiger charge is -2.10. The lowest BCUT2D eigenvalue weighted by atomic mass is 10.2. The molecular weight excluding hydrogens is 298 g/mol. The van der Waals surface area contributed by atoms with Crippen LogP contribution in [0.2, 0.25) is 10.0 Å². The zero-order valence-corrected chi connectivity index (χ0v) is 11.0. The van der Waals surface area contributed by atoms with E-state index < -0.39 is 23.1 Å². The molecule has 0 fully saturated rings. The molecular formula is C13H8Cl2F3N. The number of hydrogen-bond donors (Lipinski definition) is 1. The Kier molecular flexibility index (Phi) is 4.22. The SMILES string of the molecule is Fc1cc(F)c(NCc2cc(Cl)ccc2Cl)c(F)c1. The third kappa shape index (κ3) is 3.33. The molecule has 2 rings (SSSR count). The van der Waals surface area contributed by atoms with Crippen LogP contribution in [-0.4, -0.2) is 0 Å². The van der Waals surface area contributed by atoms with E-state index in [0.717, 1.165) is 0 Å². The summed E-state index contributed by atoms with van der Waals surface area (Å²) in [5, 5.41) is 3.41. The van der Waals surface area contributed by atoms with Crippen LogP contribution >= 0.6 is 23.2 Å². The molecule has 100 valence electrons. The van der Waals surface area contributed by atoms with Crippen LogP contribution in [0, 0.1) is 17.5 Å². The molecule has 19 heavy (non-hydrogen) atoms. The Hall–Kier alpha value is -1.39.